The molecule has 222 valence electrons. The molecule has 2 fully saturated rings. The van der Waals surface area contributed by atoms with Crippen molar-refractivity contribution in [1.82, 2.24) is 0 Å². The van der Waals surface area contributed by atoms with Crippen molar-refractivity contribution >= 4 is 29.8 Å². The first kappa shape index (κ1) is 30.9. The maximum Gasteiger partial charge on any atom is 0.292 e. The Morgan fingerprint density at radius 1 is 0.976 bits per heavy atom. The topological polar surface area (TPSA) is 70.1 Å². The van der Waals surface area contributed by atoms with Crippen molar-refractivity contribution in [3.63, 3.8) is 0 Å². The minimum Gasteiger partial charge on any atom is -0.471 e. The first-order valence-electron chi connectivity index (χ1n) is 14.1. The van der Waals surface area contributed by atoms with Crippen molar-refractivity contribution in [2.24, 2.45) is 17.8 Å². The summed E-state index contributed by atoms with van der Waals surface area (Å²) in [6.07, 6.45) is 5.78. The highest BCUT2D eigenvalue weighted by Crippen LogP contribution is 2.50. The van der Waals surface area contributed by atoms with Gasteiger partial charge in [0.2, 0.25) is 5.91 Å². The number of ether oxygens (including phenoxy) is 1. The van der Waals surface area contributed by atoms with Gasteiger partial charge in [0.1, 0.15) is 11.6 Å². The van der Waals surface area contributed by atoms with Gasteiger partial charge in [0.25, 0.3) is 6.47 Å². The summed E-state index contributed by atoms with van der Waals surface area (Å²) < 4.78 is 34.0. The fourth-order valence-electron chi connectivity index (χ4n) is 6.15. The second kappa shape index (κ2) is 13.7. The summed E-state index contributed by atoms with van der Waals surface area (Å²) in [5.41, 5.74) is 3.30. The minimum absolute atomic E-state index is 0.0213. The molecule has 0 radical (unpaired) electrons. The summed E-state index contributed by atoms with van der Waals surface area (Å²) in [7, 11) is 5.22. The number of nitrogens with zero attached hydrogens (tertiary/aromatic N) is 2. The summed E-state index contributed by atoms with van der Waals surface area (Å²) in [4.78, 5) is 26.1. The predicted octanol–water partition coefficient (Wildman–Crippen LogP) is 6.98. The smallest absolute Gasteiger partial charge is 0.292 e. The second-order valence-electron chi connectivity index (χ2n) is 11.1. The van der Waals surface area contributed by atoms with Crippen LogP contribution in [0.5, 0.6) is 0 Å². The van der Waals surface area contributed by atoms with Crippen LogP contribution in [0.25, 0.3) is 17.2 Å². The Hall–Kier alpha value is -4.04. The largest absolute Gasteiger partial charge is 0.471 e. The van der Waals surface area contributed by atoms with E-state index in [0.29, 0.717) is 23.5 Å². The van der Waals surface area contributed by atoms with Gasteiger partial charge in [-0.3, -0.25) is 14.5 Å². The van der Waals surface area contributed by atoms with E-state index in [1.165, 1.54) is 36.3 Å². The molecule has 1 N–H and O–H groups in total. The normalized spacial score (nSPS) is 19.6. The van der Waals surface area contributed by atoms with E-state index in [1.807, 2.05) is 50.2 Å². The highest BCUT2D eigenvalue weighted by Gasteiger charge is 2.46. The number of benzene rings is 3. The van der Waals surface area contributed by atoms with Gasteiger partial charge >= 0.3 is 0 Å². The Morgan fingerprint density at radius 2 is 1.67 bits per heavy atom. The molecule has 6 nitrogen and oxygen atoms in total. The molecule has 4 atom stereocenters. The van der Waals surface area contributed by atoms with Crippen LogP contribution in [0, 0.1) is 29.4 Å². The van der Waals surface area contributed by atoms with Crippen LogP contribution in [0.4, 0.5) is 20.2 Å². The number of aliphatic hydroxyl groups excluding tert-OH is 1. The van der Waals surface area contributed by atoms with Crippen molar-refractivity contribution in [2.75, 3.05) is 31.0 Å². The van der Waals surface area contributed by atoms with Gasteiger partial charge < -0.3 is 14.7 Å². The van der Waals surface area contributed by atoms with Crippen LogP contribution in [-0.2, 0) is 14.3 Å². The Kier molecular flexibility index (Phi) is 10.1. The maximum atomic E-state index is 15.5. The fraction of sp³-hybridized carbons (Fsp3) is 0.353. The third-order valence-corrected chi connectivity index (χ3v) is 8.17. The van der Waals surface area contributed by atoms with E-state index in [2.05, 4.69) is 4.74 Å². The van der Waals surface area contributed by atoms with Gasteiger partial charge in [0, 0.05) is 31.3 Å². The van der Waals surface area contributed by atoms with Gasteiger partial charge in [-0.1, -0.05) is 42.8 Å². The molecule has 2 aliphatic rings. The Bertz CT molecular complexity index is 1420. The molecule has 42 heavy (non-hydrogen) atoms. The molecule has 0 heterocycles. The molecule has 0 saturated heterocycles. The van der Waals surface area contributed by atoms with Gasteiger partial charge in [-0.15, -0.1) is 0 Å². The number of halogens is 2. The van der Waals surface area contributed by atoms with E-state index >= 15 is 4.39 Å². The molecule has 0 aromatic heterocycles. The van der Waals surface area contributed by atoms with Gasteiger partial charge in [0.05, 0.1) is 12.8 Å². The first-order chi connectivity index (χ1) is 20.2. The molecule has 3 aromatic rings. The standard InChI is InChI=1S/C32H34F2N2O2.C2H4O2/c1-4-5-20-15-25(33)19-27(16-20)36(32(38)29-17-21-6-7-24(29)14-21)31(37)28-13-10-23(18-30(28)34)22-8-11-26(12-9-22)35(2)3;1-4-2-3/h4-5,8-13,15-16,18-19,21,24,29,31,37H,6-7,14,17H2,1-3H3;2H,1H3/b5-4+;/t21?,24-,29?,31?;/m1./s1. The summed E-state index contributed by atoms with van der Waals surface area (Å²) in [6, 6.07) is 16.6. The van der Waals surface area contributed by atoms with E-state index in [9.17, 15) is 14.3 Å². The van der Waals surface area contributed by atoms with Crippen LogP contribution in [0.2, 0.25) is 0 Å². The molecule has 8 heteroatoms. The van der Waals surface area contributed by atoms with Crippen molar-refractivity contribution in [3.05, 3.63) is 89.5 Å². The number of rotatable bonds is 8. The number of carbonyl (C=O) groups is 2. The lowest BCUT2D eigenvalue weighted by atomic mass is 9.87. The average Bonchev–Trinajstić information content (AvgIpc) is 3.61. The molecule has 1 amide bonds. The number of methoxy groups -OCH3 is 1. The van der Waals surface area contributed by atoms with Crippen molar-refractivity contribution < 1.29 is 28.2 Å². The maximum absolute atomic E-state index is 15.5. The molecule has 5 rings (SSSR count). The molecular formula is C34H38F2N2O4. The zero-order chi connectivity index (χ0) is 30.4. The van der Waals surface area contributed by atoms with E-state index in [0.717, 1.165) is 36.9 Å². The number of hydrogen-bond acceptors (Lipinski definition) is 5. The second-order valence-corrected chi connectivity index (χ2v) is 11.1. The van der Waals surface area contributed by atoms with Crippen LogP contribution in [-0.4, -0.2) is 38.7 Å². The Morgan fingerprint density at radius 3 is 2.21 bits per heavy atom. The number of fused-ring (bicyclic) bond motifs is 2. The number of allylic oxidation sites excluding steroid dienone is 1. The monoisotopic (exact) mass is 576 g/mol. The summed E-state index contributed by atoms with van der Waals surface area (Å²) in [6.45, 7) is 2.20. The van der Waals surface area contributed by atoms with E-state index < -0.39 is 17.9 Å². The van der Waals surface area contributed by atoms with Crippen LogP contribution < -0.4 is 9.80 Å². The predicted molar refractivity (Wildman–Crippen MR) is 162 cm³/mol. The molecule has 3 aromatic carbocycles. The molecular weight excluding hydrogens is 538 g/mol. The van der Waals surface area contributed by atoms with E-state index in [-0.39, 0.29) is 29.0 Å². The highest BCUT2D eigenvalue weighted by molar-refractivity contribution is 5.96. The highest BCUT2D eigenvalue weighted by atomic mass is 19.1. The fourth-order valence-corrected chi connectivity index (χ4v) is 6.15. The zero-order valence-corrected chi connectivity index (χ0v) is 24.5. The summed E-state index contributed by atoms with van der Waals surface area (Å²) in [5.74, 6) is -0.913. The molecule has 0 aliphatic heterocycles. The molecule has 2 bridgehead atoms. The Labute approximate surface area is 246 Å². The van der Waals surface area contributed by atoms with Gasteiger partial charge in [-0.2, -0.15) is 0 Å². The van der Waals surface area contributed by atoms with Gasteiger partial charge in [-0.25, -0.2) is 8.78 Å². The number of aliphatic hydroxyl groups is 1. The molecule has 3 unspecified atom stereocenters. The van der Waals surface area contributed by atoms with Gasteiger partial charge in [0.15, 0.2) is 6.23 Å². The molecule has 2 saturated carbocycles. The summed E-state index contributed by atoms with van der Waals surface area (Å²) in [5, 5.41) is 11.5. The third-order valence-electron chi connectivity index (χ3n) is 8.17. The van der Waals surface area contributed by atoms with Crippen LogP contribution in [0.15, 0.2) is 66.7 Å². The number of hydrogen-bond donors (Lipinski definition) is 1. The third kappa shape index (κ3) is 6.87. The van der Waals surface area contributed by atoms with Crippen LogP contribution >= 0.6 is 0 Å². The van der Waals surface area contributed by atoms with E-state index in [1.54, 1.807) is 24.3 Å². The molecule has 2 aliphatic carbocycles. The van der Waals surface area contributed by atoms with Crippen LogP contribution in [0.3, 0.4) is 0 Å². The number of amides is 1. The lowest BCUT2D eigenvalue weighted by Gasteiger charge is -2.33. The number of anilines is 2. The first-order valence-corrected chi connectivity index (χ1v) is 14.1. The van der Waals surface area contributed by atoms with Crippen molar-refractivity contribution in [3.8, 4) is 11.1 Å². The molecule has 0 spiro atoms. The van der Waals surface area contributed by atoms with E-state index in [4.69, 9.17) is 4.79 Å². The zero-order valence-electron chi connectivity index (χ0n) is 24.5. The Balaban J connectivity index is 0.000000952. The van der Waals surface area contributed by atoms with Crippen molar-refractivity contribution in [2.45, 2.75) is 38.8 Å². The van der Waals surface area contributed by atoms with Crippen LogP contribution in [0.1, 0.15) is 50.0 Å². The lowest BCUT2D eigenvalue weighted by Crippen LogP contribution is -2.41. The number of carbonyl (C=O) groups excluding carboxylic acids is 2. The SMILES string of the molecule is C/C=C/c1cc(F)cc(N(C(=O)C2CC3CC[C@@H]2C3)C(O)c2ccc(-c3ccc(N(C)C)cc3)cc2F)c1.COC=O. The lowest BCUT2D eigenvalue weighted by molar-refractivity contribution is -0.126. The summed E-state index contributed by atoms with van der Waals surface area (Å²) >= 11 is 0. The van der Waals surface area contributed by atoms with Gasteiger partial charge in [-0.05, 0) is 91.1 Å². The minimum atomic E-state index is -1.59. The van der Waals surface area contributed by atoms with Crippen molar-refractivity contribution in [1.29, 1.82) is 0 Å². The quantitative estimate of drug-likeness (QED) is 0.231. The average molecular weight is 577 g/mol.